The first kappa shape index (κ1) is 11.3. The Balaban J connectivity index is 1.68. The van der Waals surface area contributed by atoms with Crippen molar-refractivity contribution in [3.63, 3.8) is 0 Å². The van der Waals surface area contributed by atoms with E-state index in [0.717, 1.165) is 22.9 Å². The number of ketones is 1. The maximum absolute atomic E-state index is 12.3. The highest BCUT2D eigenvalue weighted by Crippen LogP contribution is 2.48. The summed E-state index contributed by atoms with van der Waals surface area (Å²) in [6, 6.07) is 7.68. The lowest BCUT2D eigenvalue weighted by Gasteiger charge is -2.20. The summed E-state index contributed by atoms with van der Waals surface area (Å²) in [4.78, 5) is 12.3. The van der Waals surface area contributed by atoms with Crippen molar-refractivity contribution in [3.8, 4) is 0 Å². The summed E-state index contributed by atoms with van der Waals surface area (Å²) >= 11 is 5.94. The highest BCUT2D eigenvalue weighted by atomic mass is 35.5. The van der Waals surface area contributed by atoms with E-state index in [1.54, 1.807) is 0 Å². The van der Waals surface area contributed by atoms with E-state index in [1.165, 1.54) is 19.3 Å². The van der Waals surface area contributed by atoms with E-state index in [4.69, 9.17) is 11.6 Å². The van der Waals surface area contributed by atoms with Crippen molar-refractivity contribution in [1.82, 2.24) is 0 Å². The first-order valence-electron chi connectivity index (χ1n) is 6.49. The highest BCUT2D eigenvalue weighted by molar-refractivity contribution is 6.30. The molecule has 17 heavy (non-hydrogen) atoms. The molecule has 0 aliphatic heterocycles. The van der Waals surface area contributed by atoms with Gasteiger partial charge in [0.2, 0.25) is 0 Å². The van der Waals surface area contributed by atoms with E-state index >= 15 is 0 Å². The Morgan fingerprint density at radius 3 is 2.82 bits per heavy atom. The van der Waals surface area contributed by atoms with E-state index < -0.39 is 0 Å². The molecule has 3 unspecified atom stereocenters. The van der Waals surface area contributed by atoms with Gasteiger partial charge in [0, 0.05) is 17.4 Å². The molecular weight excluding hydrogens is 232 g/mol. The summed E-state index contributed by atoms with van der Waals surface area (Å²) < 4.78 is 0. The molecule has 2 fully saturated rings. The second-order valence-corrected chi connectivity index (χ2v) is 5.99. The number of rotatable bonds is 3. The van der Waals surface area contributed by atoms with Crippen LogP contribution in [0.5, 0.6) is 0 Å². The summed E-state index contributed by atoms with van der Waals surface area (Å²) in [6.07, 6.45) is 5.63. The van der Waals surface area contributed by atoms with E-state index in [1.807, 2.05) is 24.3 Å². The van der Waals surface area contributed by atoms with Crippen LogP contribution in [0.2, 0.25) is 5.02 Å². The molecule has 90 valence electrons. The van der Waals surface area contributed by atoms with E-state index in [2.05, 4.69) is 0 Å². The molecule has 1 nitrogen and oxygen atoms in total. The van der Waals surface area contributed by atoms with Gasteiger partial charge < -0.3 is 0 Å². The fourth-order valence-electron chi connectivity index (χ4n) is 3.62. The molecule has 1 aromatic carbocycles. The third-order valence-electron chi connectivity index (χ3n) is 4.42. The van der Waals surface area contributed by atoms with Gasteiger partial charge in [-0.3, -0.25) is 4.79 Å². The first-order valence-corrected chi connectivity index (χ1v) is 6.87. The van der Waals surface area contributed by atoms with Gasteiger partial charge in [0.1, 0.15) is 5.78 Å². The number of benzene rings is 1. The van der Waals surface area contributed by atoms with Gasteiger partial charge >= 0.3 is 0 Å². The fourth-order valence-corrected chi connectivity index (χ4v) is 3.83. The molecule has 0 spiro atoms. The number of hydrogen-bond acceptors (Lipinski definition) is 1. The van der Waals surface area contributed by atoms with Gasteiger partial charge in [-0.25, -0.2) is 0 Å². The molecule has 3 rings (SSSR count). The molecule has 0 aromatic heterocycles. The van der Waals surface area contributed by atoms with Crippen molar-refractivity contribution in [2.75, 3.05) is 0 Å². The zero-order valence-corrected chi connectivity index (χ0v) is 10.6. The topological polar surface area (TPSA) is 17.1 Å². The number of hydrogen-bond donors (Lipinski definition) is 0. The van der Waals surface area contributed by atoms with Crippen LogP contribution in [0.4, 0.5) is 0 Å². The quantitative estimate of drug-likeness (QED) is 0.793. The maximum Gasteiger partial charge on any atom is 0.140 e. The average Bonchev–Trinajstić information content (AvgIpc) is 2.90. The van der Waals surface area contributed by atoms with Gasteiger partial charge in [-0.2, -0.15) is 0 Å². The standard InChI is InChI=1S/C15H17ClO/c16-13-3-1-2-10(7-13)9-15(17)14-8-11-4-5-12(14)6-11/h1-3,7,11-12,14H,4-6,8-9H2. The summed E-state index contributed by atoms with van der Waals surface area (Å²) in [7, 11) is 0. The van der Waals surface area contributed by atoms with Crippen molar-refractivity contribution in [1.29, 1.82) is 0 Å². The maximum atomic E-state index is 12.3. The predicted octanol–water partition coefficient (Wildman–Crippen LogP) is 3.89. The van der Waals surface area contributed by atoms with Crippen molar-refractivity contribution in [3.05, 3.63) is 34.9 Å². The molecule has 0 radical (unpaired) electrons. The minimum atomic E-state index is 0.340. The van der Waals surface area contributed by atoms with Gasteiger partial charge in [-0.05, 0) is 48.8 Å². The fraction of sp³-hybridized carbons (Fsp3) is 0.533. The van der Waals surface area contributed by atoms with Gasteiger partial charge in [-0.15, -0.1) is 0 Å². The molecule has 0 heterocycles. The molecule has 1 aromatic rings. The third-order valence-corrected chi connectivity index (χ3v) is 4.65. The van der Waals surface area contributed by atoms with Crippen LogP contribution in [0.25, 0.3) is 0 Å². The molecular formula is C15H17ClO. The van der Waals surface area contributed by atoms with Crippen molar-refractivity contribution in [2.45, 2.75) is 32.1 Å². The van der Waals surface area contributed by atoms with Gasteiger partial charge in [-0.1, -0.05) is 30.2 Å². The molecule has 0 N–H and O–H groups in total. The van der Waals surface area contributed by atoms with Crippen molar-refractivity contribution < 1.29 is 4.79 Å². The number of halogens is 1. The van der Waals surface area contributed by atoms with Crippen LogP contribution < -0.4 is 0 Å². The number of Topliss-reactive ketones (excluding diaryl/α,β-unsaturated/α-hetero) is 1. The largest absolute Gasteiger partial charge is 0.299 e. The van der Waals surface area contributed by atoms with Crippen LogP contribution in [0.3, 0.4) is 0 Å². The van der Waals surface area contributed by atoms with E-state index in [0.29, 0.717) is 24.0 Å². The Labute approximate surface area is 107 Å². The van der Waals surface area contributed by atoms with Gasteiger partial charge in [0.15, 0.2) is 0 Å². The lowest BCUT2D eigenvalue weighted by molar-refractivity contribution is -0.123. The van der Waals surface area contributed by atoms with Crippen molar-refractivity contribution >= 4 is 17.4 Å². The molecule has 0 saturated heterocycles. The number of carbonyl (C=O) groups excluding carboxylic acids is 1. The van der Waals surface area contributed by atoms with Crippen LogP contribution in [-0.4, -0.2) is 5.78 Å². The zero-order chi connectivity index (χ0) is 11.8. The summed E-state index contributed by atoms with van der Waals surface area (Å²) in [5, 5.41) is 0.725. The minimum Gasteiger partial charge on any atom is -0.299 e. The van der Waals surface area contributed by atoms with Crippen LogP contribution in [0.15, 0.2) is 24.3 Å². The molecule has 2 heteroatoms. The minimum absolute atomic E-state index is 0.340. The molecule has 2 aliphatic rings. The Morgan fingerprint density at radius 2 is 2.18 bits per heavy atom. The molecule has 0 amide bonds. The predicted molar refractivity (Wildman–Crippen MR) is 69.1 cm³/mol. The number of carbonyl (C=O) groups is 1. The van der Waals surface area contributed by atoms with Gasteiger partial charge in [0.05, 0.1) is 0 Å². The summed E-state index contributed by atoms with van der Waals surface area (Å²) in [6.45, 7) is 0. The van der Waals surface area contributed by atoms with Crippen LogP contribution >= 0.6 is 11.6 Å². The monoisotopic (exact) mass is 248 g/mol. The Hall–Kier alpha value is -0.820. The van der Waals surface area contributed by atoms with Crippen LogP contribution in [0, 0.1) is 17.8 Å². The second kappa shape index (κ2) is 4.45. The average molecular weight is 249 g/mol. The zero-order valence-electron chi connectivity index (χ0n) is 9.86. The number of fused-ring (bicyclic) bond motifs is 2. The molecule has 2 aliphatic carbocycles. The van der Waals surface area contributed by atoms with E-state index in [-0.39, 0.29) is 0 Å². The normalized spacial score (nSPS) is 30.8. The van der Waals surface area contributed by atoms with Gasteiger partial charge in [0.25, 0.3) is 0 Å². The Morgan fingerprint density at radius 1 is 1.29 bits per heavy atom. The Kier molecular flexibility index (Phi) is 2.96. The smallest absolute Gasteiger partial charge is 0.140 e. The Bertz CT molecular complexity index is 440. The van der Waals surface area contributed by atoms with Crippen LogP contribution in [0.1, 0.15) is 31.2 Å². The summed E-state index contributed by atoms with van der Waals surface area (Å²) in [5.74, 6) is 2.30. The third kappa shape index (κ3) is 2.26. The SMILES string of the molecule is O=C(Cc1cccc(Cl)c1)C1CC2CCC1C2. The van der Waals surface area contributed by atoms with Crippen LogP contribution in [-0.2, 0) is 11.2 Å². The van der Waals surface area contributed by atoms with E-state index in [9.17, 15) is 4.79 Å². The van der Waals surface area contributed by atoms with Crippen molar-refractivity contribution in [2.24, 2.45) is 17.8 Å². The lowest BCUT2D eigenvalue weighted by atomic mass is 9.84. The molecule has 2 saturated carbocycles. The molecule has 3 atom stereocenters. The first-order chi connectivity index (χ1) is 8.22. The molecule has 2 bridgehead atoms. The second-order valence-electron chi connectivity index (χ2n) is 5.55. The summed E-state index contributed by atoms with van der Waals surface area (Å²) in [5.41, 5.74) is 1.06. The highest BCUT2D eigenvalue weighted by Gasteiger charge is 2.42. The lowest BCUT2D eigenvalue weighted by Crippen LogP contribution is -2.22.